The van der Waals surface area contributed by atoms with Gasteiger partial charge in [-0.25, -0.2) is 0 Å². The van der Waals surface area contributed by atoms with Crippen LogP contribution >= 0.6 is 0 Å². The second-order valence-electron chi connectivity index (χ2n) is 0.469. The molecule has 0 atom stereocenters. The minimum atomic E-state index is -5.62. The van der Waals surface area contributed by atoms with Crippen molar-refractivity contribution in [2.24, 2.45) is 0 Å². The Balaban J connectivity index is -0.0000000800. The summed E-state index contributed by atoms with van der Waals surface area (Å²) in [7, 11) is 0. The maximum Gasteiger partial charge on any atom is 1.00 e. The van der Waals surface area contributed by atoms with Crippen molar-refractivity contribution in [3.63, 3.8) is 0 Å². The van der Waals surface area contributed by atoms with Gasteiger partial charge in [0.2, 0.25) is 0 Å². The van der Waals surface area contributed by atoms with Gasteiger partial charge in [-0.05, 0) is 0 Å². The molecule has 6 heteroatoms. The summed E-state index contributed by atoms with van der Waals surface area (Å²) in [4.78, 5) is 0. The fourth-order valence-electron chi connectivity index (χ4n) is 0. The van der Waals surface area contributed by atoms with Gasteiger partial charge in [-0.2, -0.15) is 0 Å². The van der Waals surface area contributed by atoms with Crippen molar-refractivity contribution in [2.75, 3.05) is 0 Å². The zero-order valence-corrected chi connectivity index (χ0v) is 5.00. The van der Waals surface area contributed by atoms with Crippen LogP contribution in [0.5, 0.6) is 0 Å². The van der Waals surface area contributed by atoms with E-state index in [0.29, 0.717) is 0 Å². The second-order valence-corrected chi connectivity index (χ2v) is 2.43. The molecule has 0 bridgehead atoms. The van der Waals surface area contributed by atoms with Crippen molar-refractivity contribution in [2.45, 2.75) is 0 Å². The van der Waals surface area contributed by atoms with Gasteiger partial charge in [0.1, 0.15) is 0 Å². The van der Waals surface area contributed by atoms with E-state index in [-0.39, 0.29) is 7.58 Å². The fourth-order valence-corrected chi connectivity index (χ4v) is 0. The molecule has 0 saturated heterocycles. The molecular formula is H6AsNO4. The molecule has 0 aromatic carbocycles. The number of hydrogen-bond acceptors (Lipinski definition) is 3. The van der Waals surface area contributed by atoms with E-state index in [1.807, 2.05) is 0 Å². The topological polar surface area (TPSA) is 120 Å². The minimum absolute atomic E-state index is 0. The van der Waals surface area contributed by atoms with Gasteiger partial charge >= 0.3 is 32.0 Å². The van der Waals surface area contributed by atoms with E-state index in [2.05, 4.69) is 0 Å². The van der Waals surface area contributed by atoms with Crippen LogP contribution in [0.1, 0.15) is 1.43 Å². The van der Waals surface area contributed by atoms with E-state index >= 15 is 0 Å². The van der Waals surface area contributed by atoms with Crippen molar-refractivity contribution in [3.05, 3.63) is 0 Å². The summed E-state index contributed by atoms with van der Waals surface area (Å²) in [5.41, 5.74) is 0. The molecule has 0 saturated carbocycles. The van der Waals surface area contributed by atoms with Crippen molar-refractivity contribution in [1.82, 2.24) is 6.15 Å². The maximum absolute atomic E-state index is 8.72. The number of quaternary nitrogens is 1. The first kappa shape index (κ1) is 9.50. The first-order valence-corrected chi connectivity index (χ1v) is 3.89. The third-order valence-corrected chi connectivity index (χ3v) is 0. The van der Waals surface area contributed by atoms with Crippen LogP contribution in [0.25, 0.3) is 0 Å². The molecule has 6 heavy (non-hydrogen) atoms. The van der Waals surface area contributed by atoms with Gasteiger partial charge in [-0.1, -0.05) is 0 Å². The third-order valence-electron chi connectivity index (χ3n) is 0. The molecular weight excluding hydrogens is 153 g/mol. The van der Waals surface area contributed by atoms with Crippen LogP contribution in [0.4, 0.5) is 0 Å². The van der Waals surface area contributed by atoms with E-state index in [0.717, 1.165) is 0 Å². The molecule has 0 aliphatic rings. The predicted octanol–water partition coefficient (Wildman–Crippen LogP) is -2.95. The Hall–Kier alpha value is 0.198. The Bertz CT molecular complexity index is 57.8. The summed E-state index contributed by atoms with van der Waals surface area (Å²) in [6.45, 7) is 0. The Kier molecular flexibility index (Phi) is 3.78. The molecule has 0 rings (SSSR count). The van der Waals surface area contributed by atoms with Gasteiger partial charge in [-0.3, -0.25) is 0 Å². The predicted molar refractivity (Wildman–Crippen MR) is 15.8 cm³/mol. The molecule has 0 fully saturated rings. The Morgan fingerprint density at radius 2 is 1.67 bits per heavy atom. The SMILES string of the molecule is O=[As]([O-])([O-])O.[H+].[NH4+]. The summed E-state index contributed by atoms with van der Waals surface area (Å²) >= 11 is -5.62. The van der Waals surface area contributed by atoms with E-state index in [1.165, 1.54) is 0 Å². The van der Waals surface area contributed by atoms with Crippen molar-refractivity contribution in [1.29, 1.82) is 0 Å². The maximum atomic E-state index is 8.72. The van der Waals surface area contributed by atoms with E-state index in [4.69, 9.17) is 16.0 Å². The third kappa shape index (κ3) is 1090. The number of rotatable bonds is 0. The van der Waals surface area contributed by atoms with Crippen molar-refractivity contribution >= 4 is 14.5 Å². The van der Waals surface area contributed by atoms with E-state index in [1.54, 1.807) is 0 Å². The van der Waals surface area contributed by atoms with Gasteiger partial charge in [0.05, 0.1) is 0 Å². The van der Waals surface area contributed by atoms with Gasteiger partial charge in [0, 0.05) is 0 Å². The Morgan fingerprint density at radius 3 is 1.67 bits per heavy atom. The van der Waals surface area contributed by atoms with Gasteiger partial charge in [0.25, 0.3) is 0 Å². The van der Waals surface area contributed by atoms with Gasteiger partial charge in [-0.15, -0.1) is 0 Å². The standard InChI is InChI=1S/AsH3O4.H3N/c2-1(3,4)5;/h(H3,2,3,4,5);1H3. The zero-order chi connectivity index (χ0) is 4.50. The van der Waals surface area contributed by atoms with Crippen molar-refractivity contribution in [3.8, 4) is 0 Å². The fraction of sp³-hybridized carbons (Fsp3) is 0. The quantitative estimate of drug-likeness (QED) is 0.367. The Morgan fingerprint density at radius 1 is 1.67 bits per heavy atom. The first-order chi connectivity index (χ1) is 2.00. The molecule has 0 spiro atoms. The number of hydrogen-bond donors (Lipinski definition) is 2. The molecule has 40 valence electrons. The second kappa shape index (κ2) is 2.38. The van der Waals surface area contributed by atoms with Crippen LogP contribution in [0.2, 0.25) is 0 Å². The zero-order valence-electron chi connectivity index (χ0n) is 4.12. The largest absolute Gasteiger partial charge is 1.00 e. The van der Waals surface area contributed by atoms with Gasteiger partial charge < -0.3 is 6.15 Å². The van der Waals surface area contributed by atoms with Crippen LogP contribution in [0, 0.1) is 0 Å². The molecule has 0 amide bonds. The minimum Gasteiger partial charge on any atom is -0.369 e. The monoisotopic (exact) mass is 159 g/mol. The molecule has 0 aliphatic carbocycles. The Labute approximate surface area is 39.0 Å². The molecule has 5 N–H and O–H groups in total. The van der Waals surface area contributed by atoms with Crippen LogP contribution in [0.15, 0.2) is 0 Å². The molecule has 0 aromatic heterocycles. The van der Waals surface area contributed by atoms with E-state index < -0.39 is 14.5 Å². The first-order valence-electron chi connectivity index (χ1n) is 0.748. The van der Waals surface area contributed by atoms with Crippen LogP contribution < -0.4 is 14.3 Å². The summed E-state index contributed by atoms with van der Waals surface area (Å²) in [5.74, 6) is 0. The molecule has 0 heterocycles. The summed E-state index contributed by atoms with van der Waals surface area (Å²) in [6, 6.07) is 0. The molecule has 5 nitrogen and oxygen atoms in total. The van der Waals surface area contributed by atoms with Crippen LogP contribution in [-0.2, 0) is 3.74 Å². The smallest absolute Gasteiger partial charge is 0.369 e. The van der Waals surface area contributed by atoms with Crippen LogP contribution in [-0.4, -0.2) is 18.6 Å². The van der Waals surface area contributed by atoms with Crippen LogP contribution in [0.3, 0.4) is 0 Å². The summed E-state index contributed by atoms with van der Waals surface area (Å²) in [6.07, 6.45) is 0. The summed E-state index contributed by atoms with van der Waals surface area (Å²) in [5, 5.41) is 0. The van der Waals surface area contributed by atoms with Crippen molar-refractivity contribution < 1.29 is 17.5 Å². The molecule has 0 radical (unpaired) electrons. The normalized spacial score (nSPS) is 9.83. The summed E-state index contributed by atoms with van der Waals surface area (Å²) < 4.78 is 33.2. The average molecular weight is 159 g/mol. The molecule has 0 aromatic rings. The van der Waals surface area contributed by atoms with E-state index in [9.17, 15) is 0 Å². The molecule has 0 unspecified atom stereocenters. The average Bonchev–Trinajstić information content (AvgIpc) is 0.722. The van der Waals surface area contributed by atoms with Gasteiger partial charge in [0.15, 0.2) is 0 Å². The molecule has 0 aliphatic heterocycles.